The highest BCUT2D eigenvalue weighted by atomic mass is 15.3. The summed E-state index contributed by atoms with van der Waals surface area (Å²) in [4.78, 5) is 9.21. The zero-order chi connectivity index (χ0) is 19.6. The average molecular weight is 364 g/mol. The van der Waals surface area contributed by atoms with E-state index >= 15 is 0 Å². The molecule has 0 fully saturated rings. The topological polar surface area (TPSA) is 55.6 Å². The van der Waals surface area contributed by atoms with E-state index in [4.69, 9.17) is 0 Å². The molecule has 0 aliphatic carbocycles. The third kappa shape index (κ3) is 4.54. The minimum Gasteiger partial charge on any atom is -0.366 e. The molecule has 0 aliphatic heterocycles. The van der Waals surface area contributed by atoms with Crippen molar-refractivity contribution < 1.29 is 0 Å². The van der Waals surface area contributed by atoms with Crippen LogP contribution in [0.2, 0.25) is 0 Å². The Morgan fingerprint density at radius 1 is 1.00 bits per heavy atom. The Bertz CT molecular complexity index is 925. The Labute approximate surface area is 161 Å². The second kappa shape index (κ2) is 7.91. The third-order valence-corrected chi connectivity index (χ3v) is 5.15. The van der Waals surface area contributed by atoms with E-state index in [2.05, 4.69) is 90.0 Å². The second-order valence-corrected chi connectivity index (χ2v) is 7.44. The number of rotatable bonds is 6. The van der Waals surface area contributed by atoms with Gasteiger partial charge in [0.25, 0.3) is 0 Å². The van der Waals surface area contributed by atoms with Gasteiger partial charge in [0.2, 0.25) is 0 Å². The van der Waals surface area contributed by atoms with Crippen LogP contribution in [0, 0.1) is 34.6 Å². The SMILES string of the molecule is Cc1ccc(CNc2cc([C@@H](C)Cn3nc(C)c(C)c3C)nc(C)n2)cc1. The van der Waals surface area contributed by atoms with Gasteiger partial charge in [0.1, 0.15) is 11.6 Å². The summed E-state index contributed by atoms with van der Waals surface area (Å²) in [6.45, 7) is 14.1. The zero-order valence-corrected chi connectivity index (χ0v) is 17.2. The molecule has 2 heterocycles. The van der Waals surface area contributed by atoms with Crippen molar-refractivity contribution in [2.45, 2.75) is 60.5 Å². The molecule has 27 heavy (non-hydrogen) atoms. The molecule has 0 amide bonds. The van der Waals surface area contributed by atoms with Gasteiger partial charge in [-0.3, -0.25) is 4.68 Å². The predicted molar refractivity (Wildman–Crippen MR) is 110 cm³/mol. The van der Waals surface area contributed by atoms with Crippen LogP contribution in [0.5, 0.6) is 0 Å². The van der Waals surface area contributed by atoms with Crippen molar-refractivity contribution >= 4 is 5.82 Å². The monoisotopic (exact) mass is 363 g/mol. The summed E-state index contributed by atoms with van der Waals surface area (Å²) in [5, 5.41) is 8.09. The van der Waals surface area contributed by atoms with Crippen LogP contribution in [-0.2, 0) is 13.1 Å². The molecule has 3 aromatic rings. The number of anilines is 1. The fraction of sp³-hybridized carbons (Fsp3) is 0.409. The molecule has 0 bridgehead atoms. The van der Waals surface area contributed by atoms with E-state index in [1.165, 1.54) is 22.4 Å². The van der Waals surface area contributed by atoms with Crippen LogP contribution in [0.25, 0.3) is 0 Å². The normalized spacial score (nSPS) is 12.2. The fourth-order valence-corrected chi connectivity index (χ4v) is 3.15. The average Bonchev–Trinajstić information content (AvgIpc) is 2.87. The second-order valence-electron chi connectivity index (χ2n) is 7.44. The molecule has 0 saturated carbocycles. The van der Waals surface area contributed by atoms with E-state index < -0.39 is 0 Å². The number of aromatic nitrogens is 4. The first kappa shape index (κ1) is 19.1. The number of nitrogens with zero attached hydrogens (tertiary/aromatic N) is 4. The van der Waals surface area contributed by atoms with Crippen LogP contribution in [0.1, 0.15) is 52.4 Å². The highest BCUT2D eigenvalue weighted by Gasteiger charge is 2.14. The van der Waals surface area contributed by atoms with Gasteiger partial charge in [0, 0.05) is 30.8 Å². The van der Waals surface area contributed by atoms with Crippen molar-refractivity contribution in [2.75, 3.05) is 5.32 Å². The van der Waals surface area contributed by atoms with Crippen LogP contribution in [0.15, 0.2) is 30.3 Å². The molecule has 2 aromatic heterocycles. The van der Waals surface area contributed by atoms with E-state index in [0.717, 1.165) is 36.1 Å². The standard InChI is InChI=1S/C22H29N5/c1-14-7-9-20(10-8-14)12-23-22-11-21(24-19(6)25-22)15(2)13-27-18(5)16(3)17(4)26-27/h7-11,15H,12-13H2,1-6H3,(H,23,24,25)/t15-/m0/s1. The van der Waals surface area contributed by atoms with Gasteiger partial charge >= 0.3 is 0 Å². The Kier molecular flexibility index (Phi) is 5.59. The molecule has 1 atom stereocenters. The molecule has 0 spiro atoms. The van der Waals surface area contributed by atoms with Gasteiger partial charge < -0.3 is 5.32 Å². The smallest absolute Gasteiger partial charge is 0.130 e. The Morgan fingerprint density at radius 3 is 2.33 bits per heavy atom. The number of benzene rings is 1. The van der Waals surface area contributed by atoms with Gasteiger partial charge in [-0.05, 0) is 45.7 Å². The predicted octanol–water partition coefficient (Wildman–Crippen LogP) is 4.63. The number of nitrogens with one attached hydrogen (secondary N) is 1. The van der Waals surface area contributed by atoms with Crippen molar-refractivity contribution in [3.8, 4) is 0 Å². The summed E-state index contributed by atoms with van der Waals surface area (Å²) in [5.74, 6) is 1.91. The van der Waals surface area contributed by atoms with Gasteiger partial charge in [-0.25, -0.2) is 9.97 Å². The van der Waals surface area contributed by atoms with E-state index in [1.54, 1.807) is 0 Å². The molecule has 142 valence electrons. The van der Waals surface area contributed by atoms with E-state index in [1.807, 2.05) is 6.92 Å². The van der Waals surface area contributed by atoms with Crippen LogP contribution in [-0.4, -0.2) is 19.7 Å². The maximum Gasteiger partial charge on any atom is 0.130 e. The first-order chi connectivity index (χ1) is 12.8. The molecule has 1 aromatic carbocycles. The summed E-state index contributed by atoms with van der Waals surface area (Å²) in [6.07, 6.45) is 0. The number of hydrogen-bond donors (Lipinski definition) is 1. The molecule has 0 radical (unpaired) electrons. The van der Waals surface area contributed by atoms with Crippen LogP contribution >= 0.6 is 0 Å². The number of hydrogen-bond acceptors (Lipinski definition) is 4. The first-order valence-electron chi connectivity index (χ1n) is 9.49. The summed E-state index contributed by atoms with van der Waals surface area (Å²) >= 11 is 0. The first-order valence-corrected chi connectivity index (χ1v) is 9.49. The van der Waals surface area contributed by atoms with Gasteiger partial charge in [-0.15, -0.1) is 0 Å². The van der Waals surface area contributed by atoms with Crippen LogP contribution in [0.4, 0.5) is 5.82 Å². The van der Waals surface area contributed by atoms with Gasteiger partial charge in [-0.2, -0.15) is 5.10 Å². The molecular weight excluding hydrogens is 334 g/mol. The van der Waals surface area contributed by atoms with E-state index in [9.17, 15) is 0 Å². The quantitative estimate of drug-likeness (QED) is 0.694. The Balaban J connectivity index is 1.73. The molecule has 0 aliphatic rings. The Morgan fingerprint density at radius 2 is 1.70 bits per heavy atom. The van der Waals surface area contributed by atoms with E-state index in [-0.39, 0.29) is 5.92 Å². The van der Waals surface area contributed by atoms with Crippen LogP contribution in [0.3, 0.4) is 0 Å². The number of aryl methyl sites for hydroxylation is 3. The maximum absolute atomic E-state index is 4.66. The molecule has 0 unspecified atom stereocenters. The summed E-state index contributed by atoms with van der Waals surface area (Å²) in [6, 6.07) is 10.6. The van der Waals surface area contributed by atoms with Crippen molar-refractivity contribution in [3.63, 3.8) is 0 Å². The van der Waals surface area contributed by atoms with Gasteiger partial charge in [-0.1, -0.05) is 36.8 Å². The summed E-state index contributed by atoms with van der Waals surface area (Å²) in [5.41, 5.74) is 7.14. The minimum absolute atomic E-state index is 0.254. The lowest BCUT2D eigenvalue weighted by molar-refractivity contribution is 0.519. The molecule has 3 rings (SSSR count). The van der Waals surface area contributed by atoms with Crippen molar-refractivity contribution in [2.24, 2.45) is 0 Å². The van der Waals surface area contributed by atoms with E-state index in [0.29, 0.717) is 0 Å². The van der Waals surface area contributed by atoms with Crippen molar-refractivity contribution in [1.29, 1.82) is 0 Å². The van der Waals surface area contributed by atoms with Gasteiger partial charge in [0.05, 0.1) is 11.4 Å². The highest BCUT2D eigenvalue weighted by molar-refractivity contribution is 5.38. The van der Waals surface area contributed by atoms with Crippen LogP contribution < -0.4 is 5.32 Å². The minimum atomic E-state index is 0.254. The lowest BCUT2D eigenvalue weighted by atomic mass is 10.1. The molecule has 1 N–H and O–H groups in total. The maximum atomic E-state index is 4.66. The lowest BCUT2D eigenvalue weighted by Crippen LogP contribution is -2.13. The summed E-state index contributed by atoms with van der Waals surface area (Å²) < 4.78 is 2.09. The Hall–Kier alpha value is -2.69. The molecule has 5 heteroatoms. The van der Waals surface area contributed by atoms with Crippen molar-refractivity contribution in [1.82, 2.24) is 19.7 Å². The summed E-state index contributed by atoms with van der Waals surface area (Å²) in [7, 11) is 0. The molecule has 0 saturated heterocycles. The molecular formula is C22H29N5. The molecule has 5 nitrogen and oxygen atoms in total. The fourth-order valence-electron chi connectivity index (χ4n) is 3.15. The zero-order valence-electron chi connectivity index (χ0n) is 17.2. The third-order valence-electron chi connectivity index (χ3n) is 5.15. The largest absolute Gasteiger partial charge is 0.366 e. The lowest BCUT2D eigenvalue weighted by Gasteiger charge is -2.15. The van der Waals surface area contributed by atoms with Crippen molar-refractivity contribution in [3.05, 3.63) is 69.9 Å². The van der Waals surface area contributed by atoms with Gasteiger partial charge in [0.15, 0.2) is 0 Å². The highest BCUT2D eigenvalue weighted by Crippen LogP contribution is 2.21.